The van der Waals surface area contributed by atoms with Crippen molar-refractivity contribution < 1.29 is 13.2 Å². The molecule has 24 heavy (non-hydrogen) atoms. The maximum Gasteiger partial charge on any atom is 0.221 e. The Morgan fingerprint density at radius 2 is 1.83 bits per heavy atom. The standard InChI is InChI=1S/C18H18N2O3S/c21-24(22,14-5-2-1-3-6-14)18-9-15-16(20-18)7-4-8-17(15)23-12-13-10-19-11-13/h1-9,13,19-20H,10-12H2. The fourth-order valence-corrected chi connectivity index (χ4v) is 4.06. The van der Waals surface area contributed by atoms with Gasteiger partial charge in [-0.1, -0.05) is 24.3 Å². The summed E-state index contributed by atoms with van der Waals surface area (Å²) in [6, 6.07) is 15.7. The smallest absolute Gasteiger partial charge is 0.221 e. The van der Waals surface area contributed by atoms with Crippen molar-refractivity contribution in [3.05, 3.63) is 54.6 Å². The van der Waals surface area contributed by atoms with E-state index in [0.717, 1.165) is 24.0 Å². The van der Waals surface area contributed by atoms with Crippen LogP contribution in [0.25, 0.3) is 10.9 Å². The van der Waals surface area contributed by atoms with Gasteiger partial charge in [-0.15, -0.1) is 0 Å². The molecule has 2 aromatic carbocycles. The number of fused-ring (bicyclic) bond motifs is 1. The van der Waals surface area contributed by atoms with Crippen molar-refractivity contribution >= 4 is 20.7 Å². The fraction of sp³-hybridized carbons (Fsp3) is 0.222. The summed E-state index contributed by atoms with van der Waals surface area (Å²) in [6.45, 7) is 2.57. The average molecular weight is 342 g/mol. The maximum atomic E-state index is 12.8. The van der Waals surface area contributed by atoms with Crippen molar-refractivity contribution in [2.45, 2.75) is 9.92 Å². The number of rotatable bonds is 5. The van der Waals surface area contributed by atoms with Crippen molar-refractivity contribution in [1.82, 2.24) is 10.3 Å². The van der Waals surface area contributed by atoms with Crippen LogP contribution in [0.4, 0.5) is 0 Å². The summed E-state index contributed by atoms with van der Waals surface area (Å²) in [4.78, 5) is 3.29. The minimum Gasteiger partial charge on any atom is -0.492 e. The molecule has 0 saturated carbocycles. The summed E-state index contributed by atoms with van der Waals surface area (Å²) < 4.78 is 31.4. The lowest BCUT2D eigenvalue weighted by Gasteiger charge is -2.26. The molecule has 2 N–H and O–H groups in total. The van der Waals surface area contributed by atoms with E-state index >= 15 is 0 Å². The van der Waals surface area contributed by atoms with Crippen molar-refractivity contribution in [2.24, 2.45) is 5.92 Å². The van der Waals surface area contributed by atoms with Crippen LogP contribution in [0.15, 0.2) is 64.5 Å². The highest BCUT2D eigenvalue weighted by molar-refractivity contribution is 7.91. The fourth-order valence-electron chi connectivity index (χ4n) is 2.77. The van der Waals surface area contributed by atoms with Gasteiger partial charge in [0.15, 0.2) is 0 Å². The van der Waals surface area contributed by atoms with Crippen molar-refractivity contribution in [3.63, 3.8) is 0 Å². The van der Waals surface area contributed by atoms with Crippen LogP contribution in [0.5, 0.6) is 5.75 Å². The molecule has 1 aromatic heterocycles. The molecular weight excluding hydrogens is 324 g/mol. The molecule has 3 aromatic rings. The molecule has 0 radical (unpaired) electrons. The van der Waals surface area contributed by atoms with Crippen LogP contribution in [0.3, 0.4) is 0 Å². The van der Waals surface area contributed by atoms with Crippen LogP contribution in [0, 0.1) is 5.92 Å². The highest BCUT2D eigenvalue weighted by Crippen LogP contribution is 2.30. The van der Waals surface area contributed by atoms with Gasteiger partial charge in [-0.25, -0.2) is 8.42 Å². The number of aromatic amines is 1. The van der Waals surface area contributed by atoms with Crippen LogP contribution < -0.4 is 10.1 Å². The number of ether oxygens (including phenoxy) is 1. The van der Waals surface area contributed by atoms with Crippen LogP contribution in [0.2, 0.25) is 0 Å². The lowest BCUT2D eigenvalue weighted by atomic mass is 10.1. The topological polar surface area (TPSA) is 71.2 Å². The zero-order valence-electron chi connectivity index (χ0n) is 13.0. The van der Waals surface area contributed by atoms with Crippen LogP contribution in [-0.4, -0.2) is 33.1 Å². The van der Waals surface area contributed by atoms with Gasteiger partial charge in [-0.3, -0.25) is 0 Å². The summed E-state index contributed by atoms with van der Waals surface area (Å²) in [7, 11) is -3.56. The van der Waals surface area contributed by atoms with E-state index in [1.807, 2.05) is 18.2 Å². The molecule has 1 aliphatic rings. The van der Waals surface area contributed by atoms with Crippen molar-refractivity contribution in [1.29, 1.82) is 0 Å². The Balaban J connectivity index is 1.70. The third-order valence-corrected chi connectivity index (χ3v) is 5.97. The third kappa shape index (κ3) is 2.68. The third-order valence-electron chi connectivity index (χ3n) is 4.28. The van der Waals surface area contributed by atoms with E-state index in [4.69, 9.17) is 4.74 Å². The number of sulfone groups is 1. The molecular formula is C18H18N2O3S. The van der Waals surface area contributed by atoms with E-state index in [9.17, 15) is 8.42 Å². The van der Waals surface area contributed by atoms with Gasteiger partial charge in [-0.05, 0) is 30.3 Å². The molecule has 0 amide bonds. The summed E-state index contributed by atoms with van der Waals surface area (Å²) in [5, 5.41) is 4.19. The first-order chi connectivity index (χ1) is 11.6. The Morgan fingerprint density at radius 1 is 1.04 bits per heavy atom. The molecule has 2 heterocycles. The van der Waals surface area contributed by atoms with E-state index < -0.39 is 9.84 Å². The SMILES string of the molecule is O=S(=O)(c1ccccc1)c1cc2c(OCC3CNC3)cccc2[nH]1. The largest absolute Gasteiger partial charge is 0.492 e. The van der Waals surface area contributed by atoms with Crippen LogP contribution in [-0.2, 0) is 9.84 Å². The lowest BCUT2D eigenvalue weighted by molar-refractivity contribution is 0.201. The zero-order chi connectivity index (χ0) is 16.6. The number of aromatic nitrogens is 1. The van der Waals surface area contributed by atoms with E-state index in [1.165, 1.54) is 0 Å². The summed E-state index contributed by atoms with van der Waals surface area (Å²) >= 11 is 0. The Bertz CT molecular complexity index is 960. The first-order valence-corrected chi connectivity index (χ1v) is 9.38. The Morgan fingerprint density at radius 3 is 2.54 bits per heavy atom. The normalized spacial score (nSPS) is 15.3. The Labute approximate surface area is 140 Å². The van der Waals surface area contributed by atoms with E-state index in [-0.39, 0.29) is 9.92 Å². The van der Waals surface area contributed by atoms with Gasteiger partial charge in [0.25, 0.3) is 0 Å². The molecule has 0 spiro atoms. The highest BCUT2D eigenvalue weighted by Gasteiger charge is 2.22. The van der Waals surface area contributed by atoms with Gasteiger partial charge in [0.2, 0.25) is 9.84 Å². The number of hydrogen-bond acceptors (Lipinski definition) is 4. The van der Waals surface area contributed by atoms with Gasteiger partial charge in [0, 0.05) is 24.4 Å². The number of nitrogens with one attached hydrogen (secondary N) is 2. The van der Waals surface area contributed by atoms with E-state index in [0.29, 0.717) is 18.3 Å². The average Bonchev–Trinajstić information content (AvgIpc) is 3.00. The molecule has 5 nitrogen and oxygen atoms in total. The molecule has 6 heteroatoms. The quantitative estimate of drug-likeness (QED) is 0.748. The minimum absolute atomic E-state index is 0.185. The first kappa shape index (κ1) is 15.2. The van der Waals surface area contributed by atoms with Gasteiger partial charge >= 0.3 is 0 Å². The Hall–Kier alpha value is -2.31. The minimum atomic E-state index is -3.56. The highest BCUT2D eigenvalue weighted by atomic mass is 32.2. The number of H-pyrrole nitrogens is 1. The summed E-state index contributed by atoms with van der Waals surface area (Å²) in [6.07, 6.45) is 0. The summed E-state index contributed by atoms with van der Waals surface area (Å²) in [5.74, 6) is 1.23. The van der Waals surface area contributed by atoms with Crippen LogP contribution in [0.1, 0.15) is 0 Å². The molecule has 1 aliphatic heterocycles. The molecule has 1 fully saturated rings. The number of hydrogen-bond donors (Lipinski definition) is 2. The molecule has 0 aliphatic carbocycles. The monoisotopic (exact) mass is 342 g/mol. The molecule has 4 rings (SSSR count). The second-order valence-corrected chi connectivity index (χ2v) is 7.92. The van der Waals surface area contributed by atoms with Crippen LogP contribution >= 0.6 is 0 Å². The predicted octanol–water partition coefficient (Wildman–Crippen LogP) is 2.60. The Kier molecular flexibility index (Phi) is 3.78. The van der Waals surface area contributed by atoms with Gasteiger partial charge in [0.1, 0.15) is 10.8 Å². The zero-order valence-corrected chi connectivity index (χ0v) is 13.8. The molecule has 0 bridgehead atoms. The lowest BCUT2D eigenvalue weighted by Crippen LogP contribution is -2.45. The van der Waals surface area contributed by atoms with E-state index in [1.54, 1.807) is 36.4 Å². The van der Waals surface area contributed by atoms with Gasteiger partial charge in [-0.2, -0.15) is 0 Å². The van der Waals surface area contributed by atoms with Crippen molar-refractivity contribution in [3.8, 4) is 5.75 Å². The maximum absolute atomic E-state index is 12.8. The van der Waals surface area contributed by atoms with E-state index in [2.05, 4.69) is 10.3 Å². The first-order valence-electron chi connectivity index (χ1n) is 7.90. The van der Waals surface area contributed by atoms with Gasteiger partial charge < -0.3 is 15.0 Å². The predicted molar refractivity (Wildman–Crippen MR) is 92.0 cm³/mol. The molecule has 124 valence electrons. The molecule has 1 saturated heterocycles. The second kappa shape index (κ2) is 5.96. The summed E-state index contributed by atoms with van der Waals surface area (Å²) in [5.41, 5.74) is 0.758. The number of benzene rings is 2. The second-order valence-electron chi connectivity index (χ2n) is 6.00. The molecule has 0 unspecified atom stereocenters. The molecule has 0 atom stereocenters. The van der Waals surface area contributed by atoms with Gasteiger partial charge in [0.05, 0.1) is 17.0 Å². The van der Waals surface area contributed by atoms with Crippen molar-refractivity contribution in [2.75, 3.05) is 19.7 Å².